The van der Waals surface area contributed by atoms with Crippen molar-refractivity contribution >= 4 is 29.1 Å². The van der Waals surface area contributed by atoms with Crippen LogP contribution in [0.4, 0.5) is 11.4 Å². The SMILES string of the molecule is CC(=O)Nc1cccc(NC2CC(=O)NC2=O)c1. The summed E-state index contributed by atoms with van der Waals surface area (Å²) in [6, 6.07) is 6.42. The number of benzene rings is 1. The molecule has 1 aromatic rings. The van der Waals surface area contributed by atoms with Crippen molar-refractivity contribution < 1.29 is 14.4 Å². The molecule has 0 aliphatic carbocycles. The van der Waals surface area contributed by atoms with Gasteiger partial charge in [0.1, 0.15) is 6.04 Å². The second-order valence-corrected chi connectivity index (χ2v) is 4.08. The maximum Gasteiger partial charge on any atom is 0.249 e. The summed E-state index contributed by atoms with van der Waals surface area (Å²) in [6.45, 7) is 1.42. The Kier molecular flexibility index (Phi) is 3.27. The Morgan fingerprint density at radius 2 is 2.06 bits per heavy atom. The van der Waals surface area contributed by atoms with E-state index in [4.69, 9.17) is 0 Å². The summed E-state index contributed by atoms with van der Waals surface area (Å²) >= 11 is 0. The zero-order chi connectivity index (χ0) is 13.1. The summed E-state index contributed by atoms with van der Waals surface area (Å²) in [5.74, 6) is -0.776. The largest absolute Gasteiger partial charge is 0.373 e. The molecule has 2 rings (SSSR count). The molecule has 0 saturated carbocycles. The Morgan fingerprint density at radius 1 is 1.33 bits per heavy atom. The molecule has 6 heteroatoms. The Balaban J connectivity index is 2.07. The van der Waals surface area contributed by atoms with Crippen molar-refractivity contribution in [1.29, 1.82) is 0 Å². The first-order chi connectivity index (χ1) is 8.54. The van der Waals surface area contributed by atoms with E-state index < -0.39 is 6.04 Å². The topological polar surface area (TPSA) is 87.3 Å². The first kappa shape index (κ1) is 12.1. The number of carbonyl (C=O) groups excluding carboxylic acids is 3. The van der Waals surface area contributed by atoms with E-state index in [0.717, 1.165) is 0 Å². The minimum atomic E-state index is -0.551. The summed E-state index contributed by atoms with van der Waals surface area (Å²) in [7, 11) is 0. The van der Waals surface area contributed by atoms with Crippen molar-refractivity contribution in [3.63, 3.8) is 0 Å². The molecule has 6 nitrogen and oxygen atoms in total. The molecule has 1 atom stereocenters. The van der Waals surface area contributed by atoms with Crippen LogP contribution in [0.15, 0.2) is 24.3 Å². The molecule has 0 aromatic heterocycles. The molecule has 1 aliphatic heterocycles. The van der Waals surface area contributed by atoms with Crippen LogP contribution in [0.25, 0.3) is 0 Å². The molecule has 0 bridgehead atoms. The number of amides is 3. The number of nitrogens with one attached hydrogen (secondary N) is 3. The third-order valence-electron chi connectivity index (χ3n) is 2.49. The molecule has 94 valence electrons. The van der Waals surface area contributed by atoms with Crippen LogP contribution in [0.5, 0.6) is 0 Å². The van der Waals surface area contributed by atoms with E-state index >= 15 is 0 Å². The Labute approximate surface area is 104 Å². The van der Waals surface area contributed by atoms with Crippen LogP contribution in [0.3, 0.4) is 0 Å². The first-order valence-electron chi connectivity index (χ1n) is 5.52. The number of carbonyl (C=O) groups is 3. The van der Waals surface area contributed by atoms with Crippen molar-refractivity contribution in [1.82, 2.24) is 5.32 Å². The molecule has 3 N–H and O–H groups in total. The molecule has 1 aromatic carbocycles. The van der Waals surface area contributed by atoms with Crippen LogP contribution in [-0.4, -0.2) is 23.8 Å². The van der Waals surface area contributed by atoms with Gasteiger partial charge in [0.25, 0.3) is 0 Å². The Hall–Kier alpha value is -2.37. The Bertz CT molecular complexity index is 513. The van der Waals surface area contributed by atoms with Gasteiger partial charge in [-0.3, -0.25) is 19.7 Å². The van der Waals surface area contributed by atoms with Crippen molar-refractivity contribution in [2.75, 3.05) is 10.6 Å². The van der Waals surface area contributed by atoms with Crippen LogP contribution in [0, 0.1) is 0 Å². The van der Waals surface area contributed by atoms with Gasteiger partial charge in [-0.1, -0.05) is 6.07 Å². The predicted molar refractivity (Wildman–Crippen MR) is 65.9 cm³/mol. The fraction of sp³-hybridized carbons (Fsp3) is 0.250. The third kappa shape index (κ3) is 2.85. The van der Waals surface area contributed by atoms with Crippen molar-refractivity contribution in [2.24, 2.45) is 0 Å². The second-order valence-electron chi connectivity index (χ2n) is 4.08. The van der Waals surface area contributed by atoms with Gasteiger partial charge < -0.3 is 10.6 Å². The maximum absolute atomic E-state index is 11.4. The number of imide groups is 1. The van der Waals surface area contributed by atoms with Crippen LogP contribution < -0.4 is 16.0 Å². The lowest BCUT2D eigenvalue weighted by atomic mass is 10.2. The average molecular weight is 247 g/mol. The molecule has 1 heterocycles. The van der Waals surface area contributed by atoms with E-state index in [2.05, 4.69) is 16.0 Å². The van der Waals surface area contributed by atoms with Gasteiger partial charge in [-0.15, -0.1) is 0 Å². The molecular weight excluding hydrogens is 234 g/mol. The van der Waals surface area contributed by atoms with Gasteiger partial charge in [0.15, 0.2) is 0 Å². The standard InChI is InChI=1S/C12H13N3O3/c1-7(16)13-8-3-2-4-9(5-8)14-10-6-11(17)15-12(10)18/h2-5,10,14H,6H2,1H3,(H,13,16)(H,15,17,18). The number of hydrogen-bond donors (Lipinski definition) is 3. The van der Waals surface area contributed by atoms with Gasteiger partial charge in [0.2, 0.25) is 17.7 Å². The molecule has 1 fully saturated rings. The van der Waals surface area contributed by atoms with Crippen LogP contribution in [-0.2, 0) is 14.4 Å². The first-order valence-corrected chi connectivity index (χ1v) is 5.52. The summed E-state index contributed by atoms with van der Waals surface area (Å²) < 4.78 is 0. The summed E-state index contributed by atoms with van der Waals surface area (Å²) in [6.07, 6.45) is 0.128. The summed E-state index contributed by atoms with van der Waals surface area (Å²) in [4.78, 5) is 33.3. The van der Waals surface area contributed by atoms with E-state index in [0.29, 0.717) is 11.4 Å². The van der Waals surface area contributed by atoms with E-state index in [1.807, 2.05) is 0 Å². The third-order valence-corrected chi connectivity index (χ3v) is 2.49. The van der Waals surface area contributed by atoms with Crippen molar-refractivity contribution in [3.05, 3.63) is 24.3 Å². The molecule has 18 heavy (non-hydrogen) atoms. The van der Waals surface area contributed by atoms with Gasteiger partial charge in [0.05, 0.1) is 6.42 Å². The number of hydrogen-bond acceptors (Lipinski definition) is 4. The van der Waals surface area contributed by atoms with E-state index in [-0.39, 0.29) is 24.1 Å². The number of anilines is 2. The highest BCUT2D eigenvalue weighted by molar-refractivity contribution is 6.06. The molecule has 0 spiro atoms. The molecular formula is C12H13N3O3. The van der Waals surface area contributed by atoms with Crippen LogP contribution in [0.2, 0.25) is 0 Å². The molecule has 1 unspecified atom stereocenters. The molecule has 0 radical (unpaired) electrons. The highest BCUT2D eigenvalue weighted by atomic mass is 16.2. The lowest BCUT2D eigenvalue weighted by molar-refractivity contribution is -0.125. The fourth-order valence-electron chi connectivity index (χ4n) is 1.76. The molecule has 1 aliphatic rings. The lowest BCUT2D eigenvalue weighted by Crippen LogP contribution is -2.30. The smallest absolute Gasteiger partial charge is 0.249 e. The maximum atomic E-state index is 11.4. The average Bonchev–Trinajstić information content (AvgIpc) is 2.57. The van der Waals surface area contributed by atoms with E-state index in [1.54, 1.807) is 24.3 Å². The molecule has 1 saturated heterocycles. The number of rotatable bonds is 3. The lowest BCUT2D eigenvalue weighted by Gasteiger charge is -2.12. The van der Waals surface area contributed by atoms with E-state index in [1.165, 1.54) is 6.92 Å². The predicted octanol–water partition coefficient (Wildman–Crippen LogP) is 0.472. The second kappa shape index (κ2) is 4.87. The highest BCUT2D eigenvalue weighted by Crippen LogP contribution is 2.17. The fourth-order valence-corrected chi connectivity index (χ4v) is 1.76. The zero-order valence-electron chi connectivity index (χ0n) is 9.82. The van der Waals surface area contributed by atoms with Gasteiger partial charge in [-0.2, -0.15) is 0 Å². The van der Waals surface area contributed by atoms with E-state index in [9.17, 15) is 14.4 Å². The van der Waals surface area contributed by atoms with Gasteiger partial charge in [-0.25, -0.2) is 0 Å². The quantitative estimate of drug-likeness (QED) is 0.678. The van der Waals surface area contributed by atoms with Crippen LogP contribution >= 0.6 is 0 Å². The van der Waals surface area contributed by atoms with Crippen LogP contribution in [0.1, 0.15) is 13.3 Å². The molecule has 3 amide bonds. The van der Waals surface area contributed by atoms with Gasteiger partial charge in [-0.05, 0) is 18.2 Å². The Morgan fingerprint density at radius 3 is 2.67 bits per heavy atom. The van der Waals surface area contributed by atoms with Crippen molar-refractivity contribution in [2.45, 2.75) is 19.4 Å². The van der Waals surface area contributed by atoms with Gasteiger partial charge >= 0.3 is 0 Å². The zero-order valence-corrected chi connectivity index (χ0v) is 9.82. The summed E-state index contributed by atoms with van der Waals surface area (Å²) in [5, 5.41) is 7.82. The highest BCUT2D eigenvalue weighted by Gasteiger charge is 2.30. The van der Waals surface area contributed by atoms with Crippen molar-refractivity contribution in [3.8, 4) is 0 Å². The minimum absolute atomic E-state index is 0.128. The minimum Gasteiger partial charge on any atom is -0.373 e. The monoisotopic (exact) mass is 247 g/mol. The summed E-state index contributed by atoms with van der Waals surface area (Å²) in [5.41, 5.74) is 1.31. The van der Waals surface area contributed by atoms with Gasteiger partial charge in [0, 0.05) is 18.3 Å². The normalized spacial score (nSPS) is 18.4.